The van der Waals surface area contributed by atoms with E-state index >= 15 is 0 Å². The Morgan fingerprint density at radius 2 is 2.09 bits per heavy atom. The SMILES string of the molecule is C=C/C(=C\C=C/C)c1ccc2c(C(=O)NCC(=O)N3CC(F)(F)CC3C#N)ccnc2c1.CC. The zero-order valence-electron chi connectivity index (χ0n) is 19.5. The monoisotopic (exact) mass is 466 g/mol. The van der Waals surface area contributed by atoms with Gasteiger partial charge in [-0.25, -0.2) is 8.78 Å². The molecule has 2 heterocycles. The maximum Gasteiger partial charge on any atom is 0.268 e. The highest BCUT2D eigenvalue weighted by atomic mass is 19.3. The van der Waals surface area contributed by atoms with Crippen molar-refractivity contribution in [1.29, 1.82) is 5.26 Å². The first kappa shape index (κ1) is 26.4. The fraction of sp³-hybridized carbons (Fsp3) is 0.308. The molecule has 178 valence electrons. The first-order valence-corrected chi connectivity index (χ1v) is 11.0. The van der Waals surface area contributed by atoms with Gasteiger partial charge in [-0.1, -0.05) is 56.9 Å². The van der Waals surface area contributed by atoms with Gasteiger partial charge >= 0.3 is 0 Å². The minimum absolute atomic E-state index is 0.301. The summed E-state index contributed by atoms with van der Waals surface area (Å²) in [5.74, 6) is -4.37. The van der Waals surface area contributed by atoms with Crippen molar-refractivity contribution in [3.8, 4) is 6.07 Å². The van der Waals surface area contributed by atoms with Crippen molar-refractivity contribution in [2.24, 2.45) is 0 Å². The Hall–Kier alpha value is -3.86. The molecule has 2 aromatic rings. The van der Waals surface area contributed by atoms with E-state index in [2.05, 4.69) is 16.9 Å². The van der Waals surface area contributed by atoms with Gasteiger partial charge in [0, 0.05) is 18.0 Å². The van der Waals surface area contributed by atoms with E-state index in [4.69, 9.17) is 5.26 Å². The summed E-state index contributed by atoms with van der Waals surface area (Å²) < 4.78 is 27.1. The summed E-state index contributed by atoms with van der Waals surface area (Å²) in [5.41, 5.74) is 2.65. The minimum Gasteiger partial charge on any atom is -0.343 e. The number of rotatable bonds is 6. The van der Waals surface area contributed by atoms with Gasteiger partial charge < -0.3 is 10.2 Å². The van der Waals surface area contributed by atoms with Crippen molar-refractivity contribution in [2.45, 2.75) is 39.2 Å². The molecule has 3 rings (SSSR count). The van der Waals surface area contributed by atoms with Crippen LogP contribution in [0.5, 0.6) is 0 Å². The lowest BCUT2D eigenvalue weighted by Gasteiger charge is -2.19. The average Bonchev–Trinajstić information content (AvgIpc) is 3.18. The number of likely N-dealkylation sites (tertiary alicyclic amines) is 1. The summed E-state index contributed by atoms with van der Waals surface area (Å²) in [5, 5.41) is 12.1. The number of nitrogens with one attached hydrogen (secondary N) is 1. The summed E-state index contributed by atoms with van der Waals surface area (Å²) >= 11 is 0. The molecule has 0 spiro atoms. The van der Waals surface area contributed by atoms with Crippen LogP contribution in [0.2, 0.25) is 0 Å². The second-order valence-corrected chi connectivity index (χ2v) is 7.35. The van der Waals surface area contributed by atoms with E-state index in [-0.39, 0.29) is 0 Å². The van der Waals surface area contributed by atoms with Crippen molar-refractivity contribution in [2.75, 3.05) is 13.1 Å². The molecule has 34 heavy (non-hydrogen) atoms. The third-order valence-electron chi connectivity index (χ3n) is 5.15. The Bertz CT molecular complexity index is 1170. The molecule has 8 heteroatoms. The normalized spacial score (nSPS) is 17.1. The first-order chi connectivity index (χ1) is 16.3. The van der Waals surface area contributed by atoms with Crippen LogP contribution in [0.3, 0.4) is 0 Å². The molecule has 1 aromatic carbocycles. The lowest BCUT2D eigenvalue weighted by Crippen LogP contribution is -2.43. The molecule has 2 amide bonds. The Kier molecular flexibility index (Phi) is 9.19. The smallest absolute Gasteiger partial charge is 0.268 e. The molecule has 0 bridgehead atoms. The number of nitriles is 1. The molecule has 6 nitrogen and oxygen atoms in total. The minimum atomic E-state index is -3.11. The molecule has 0 saturated carbocycles. The van der Waals surface area contributed by atoms with Crippen LogP contribution in [-0.4, -0.2) is 46.8 Å². The quantitative estimate of drug-likeness (QED) is 0.614. The molecule has 1 N–H and O–H groups in total. The van der Waals surface area contributed by atoms with Crippen LogP contribution in [-0.2, 0) is 4.79 Å². The van der Waals surface area contributed by atoms with E-state index in [9.17, 15) is 18.4 Å². The molecule has 1 fully saturated rings. The maximum atomic E-state index is 13.6. The van der Waals surface area contributed by atoms with Crippen molar-refractivity contribution in [3.05, 3.63) is 72.5 Å². The second kappa shape index (κ2) is 11.8. The fourth-order valence-corrected chi connectivity index (χ4v) is 3.55. The molecule has 0 radical (unpaired) electrons. The lowest BCUT2D eigenvalue weighted by atomic mass is 10.0. The van der Waals surface area contributed by atoms with E-state index in [1.165, 1.54) is 12.3 Å². The third-order valence-corrected chi connectivity index (χ3v) is 5.15. The fourth-order valence-electron chi connectivity index (χ4n) is 3.55. The Morgan fingerprint density at radius 3 is 2.74 bits per heavy atom. The maximum absolute atomic E-state index is 13.6. The molecule has 0 aliphatic carbocycles. The zero-order valence-corrected chi connectivity index (χ0v) is 19.5. The highest BCUT2D eigenvalue weighted by Crippen LogP contribution is 2.31. The Morgan fingerprint density at radius 1 is 1.35 bits per heavy atom. The number of carbonyl (C=O) groups is 2. The van der Waals surface area contributed by atoms with E-state index < -0.39 is 43.3 Å². The number of carbonyl (C=O) groups excluding carboxylic acids is 2. The number of alkyl halides is 2. The highest BCUT2D eigenvalue weighted by molar-refractivity contribution is 6.07. The van der Waals surface area contributed by atoms with Crippen LogP contribution in [0.15, 0.2) is 61.3 Å². The third kappa shape index (κ3) is 6.13. The van der Waals surface area contributed by atoms with Crippen LogP contribution in [0.25, 0.3) is 16.5 Å². The van der Waals surface area contributed by atoms with Crippen LogP contribution in [0.4, 0.5) is 8.78 Å². The lowest BCUT2D eigenvalue weighted by molar-refractivity contribution is -0.131. The van der Waals surface area contributed by atoms with Gasteiger partial charge in [0.1, 0.15) is 6.04 Å². The summed E-state index contributed by atoms with van der Waals surface area (Å²) in [6.45, 7) is 8.42. The molecular weight excluding hydrogens is 438 g/mol. The molecule has 1 unspecified atom stereocenters. The van der Waals surface area contributed by atoms with Gasteiger partial charge in [0.25, 0.3) is 11.8 Å². The number of amides is 2. The summed E-state index contributed by atoms with van der Waals surface area (Å²) in [6, 6.07) is 7.46. The number of halogens is 2. The molecule has 1 atom stereocenters. The molecule has 1 aromatic heterocycles. The van der Waals surface area contributed by atoms with E-state index in [1.54, 1.807) is 18.2 Å². The second-order valence-electron chi connectivity index (χ2n) is 7.35. The first-order valence-electron chi connectivity index (χ1n) is 11.0. The standard InChI is InChI=1S/C24H22F2N4O2.C2H6/c1-3-5-6-16(4-2)17-7-8-19-20(9-10-28-21(19)11-17)23(32)29-14-22(31)30-15-24(25,26)12-18(30)13-27;1-2/h3-11,18H,2,12,14-15H2,1H3,(H,29,32);1-2H3/b5-3-,16-6+;. The summed E-state index contributed by atoms with van der Waals surface area (Å²) in [4.78, 5) is 30.2. The van der Waals surface area contributed by atoms with Gasteiger partial charge in [-0.2, -0.15) is 5.26 Å². The van der Waals surface area contributed by atoms with Crippen molar-refractivity contribution in [3.63, 3.8) is 0 Å². The highest BCUT2D eigenvalue weighted by Gasteiger charge is 2.47. The summed E-state index contributed by atoms with van der Waals surface area (Å²) in [6.07, 6.45) is 8.21. The number of pyridine rings is 1. The molecule has 1 aliphatic rings. The van der Waals surface area contributed by atoms with E-state index in [1.807, 2.05) is 51.1 Å². The number of fused-ring (bicyclic) bond motifs is 1. The van der Waals surface area contributed by atoms with E-state index in [0.717, 1.165) is 16.0 Å². The Balaban J connectivity index is 0.00000199. The number of allylic oxidation sites excluding steroid dienone is 5. The number of benzene rings is 1. The van der Waals surface area contributed by atoms with Gasteiger partial charge in [-0.15, -0.1) is 0 Å². The van der Waals surface area contributed by atoms with Crippen LogP contribution in [0.1, 0.15) is 43.1 Å². The van der Waals surface area contributed by atoms with Gasteiger partial charge in [-0.3, -0.25) is 14.6 Å². The topological polar surface area (TPSA) is 86.1 Å². The predicted octanol–water partition coefficient (Wildman–Crippen LogP) is 4.90. The molecular formula is C26H28F2N4O2. The Labute approximate surface area is 198 Å². The van der Waals surface area contributed by atoms with Crippen molar-refractivity contribution >= 4 is 28.3 Å². The molecule has 1 saturated heterocycles. The van der Waals surface area contributed by atoms with Gasteiger partial charge in [0.2, 0.25) is 5.91 Å². The van der Waals surface area contributed by atoms with Crippen molar-refractivity contribution < 1.29 is 18.4 Å². The number of hydrogen-bond donors (Lipinski definition) is 1. The number of nitrogens with zero attached hydrogens (tertiary/aromatic N) is 3. The number of hydrogen-bond acceptors (Lipinski definition) is 4. The largest absolute Gasteiger partial charge is 0.343 e. The molecule has 1 aliphatic heterocycles. The van der Waals surface area contributed by atoms with Gasteiger partial charge in [0.05, 0.1) is 30.2 Å². The number of aromatic nitrogens is 1. The van der Waals surface area contributed by atoms with Crippen LogP contribution in [0, 0.1) is 11.3 Å². The summed E-state index contributed by atoms with van der Waals surface area (Å²) in [7, 11) is 0. The van der Waals surface area contributed by atoms with Gasteiger partial charge in [-0.05, 0) is 30.2 Å². The van der Waals surface area contributed by atoms with E-state index in [0.29, 0.717) is 16.5 Å². The van der Waals surface area contributed by atoms with Crippen LogP contribution < -0.4 is 5.32 Å². The zero-order chi connectivity index (χ0) is 25.3. The van der Waals surface area contributed by atoms with Crippen LogP contribution >= 0.6 is 0 Å². The van der Waals surface area contributed by atoms with Gasteiger partial charge in [0.15, 0.2) is 0 Å². The average molecular weight is 467 g/mol. The predicted molar refractivity (Wildman–Crippen MR) is 129 cm³/mol. The van der Waals surface area contributed by atoms with Crippen molar-refractivity contribution in [1.82, 2.24) is 15.2 Å².